The number of benzene rings is 1. The van der Waals surface area contributed by atoms with Crippen LogP contribution in [0.3, 0.4) is 0 Å². The van der Waals surface area contributed by atoms with E-state index in [1.165, 1.54) is 6.20 Å². The van der Waals surface area contributed by atoms with Crippen molar-refractivity contribution < 1.29 is 9.90 Å². The molecule has 5 heteroatoms. The third-order valence-electron chi connectivity index (χ3n) is 2.97. The Balaban J connectivity index is 2.16. The second-order valence-electron chi connectivity index (χ2n) is 4.29. The highest BCUT2D eigenvalue weighted by molar-refractivity contribution is 5.87. The van der Waals surface area contributed by atoms with Crippen LogP contribution in [-0.4, -0.2) is 26.0 Å². The van der Waals surface area contributed by atoms with Crippen LogP contribution in [0.2, 0.25) is 0 Å². The summed E-state index contributed by atoms with van der Waals surface area (Å²) in [6.45, 7) is 1.99. The molecular formula is C14H11N3O2. The summed E-state index contributed by atoms with van der Waals surface area (Å²) in [7, 11) is 0. The van der Waals surface area contributed by atoms with E-state index in [0.29, 0.717) is 11.5 Å². The van der Waals surface area contributed by atoms with E-state index in [4.69, 9.17) is 5.11 Å². The van der Waals surface area contributed by atoms with E-state index in [9.17, 15) is 4.79 Å². The maximum Gasteiger partial charge on any atom is 0.353 e. The van der Waals surface area contributed by atoms with Crippen LogP contribution < -0.4 is 0 Å². The van der Waals surface area contributed by atoms with Crippen molar-refractivity contribution in [3.05, 3.63) is 47.8 Å². The summed E-state index contributed by atoms with van der Waals surface area (Å²) in [4.78, 5) is 22.1. The molecule has 0 amide bonds. The maximum atomic E-state index is 10.8. The minimum Gasteiger partial charge on any atom is -0.477 e. The number of nitrogens with zero attached hydrogens (tertiary/aromatic N) is 2. The first kappa shape index (κ1) is 11.4. The summed E-state index contributed by atoms with van der Waals surface area (Å²) in [5.74, 6) is -0.567. The molecule has 2 aromatic heterocycles. The standard InChI is InChI=1S/C14H11N3O2/c1-8-6-11(13-15-7-12(17-13)14(18)19)16-10-5-3-2-4-9(8)10/h2-7H,1H3,(H,15,17)(H,18,19). The Morgan fingerprint density at radius 2 is 2.11 bits per heavy atom. The van der Waals surface area contributed by atoms with Gasteiger partial charge in [0.05, 0.1) is 11.7 Å². The van der Waals surface area contributed by atoms with Gasteiger partial charge in [0.25, 0.3) is 0 Å². The number of aryl methyl sites for hydroxylation is 1. The van der Waals surface area contributed by atoms with Gasteiger partial charge in [-0.25, -0.2) is 14.8 Å². The van der Waals surface area contributed by atoms with Crippen LogP contribution in [0, 0.1) is 6.92 Å². The van der Waals surface area contributed by atoms with Gasteiger partial charge in [-0.15, -0.1) is 0 Å². The van der Waals surface area contributed by atoms with E-state index in [0.717, 1.165) is 16.5 Å². The molecule has 1 aromatic carbocycles. The van der Waals surface area contributed by atoms with Gasteiger partial charge < -0.3 is 10.1 Å². The fourth-order valence-corrected chi connectivity index (χ4v) is 2.03. The number of carboxylic acid groups (broad SMARTS) is 1. The van der Waals surface area contributed by atoms with Crippen molar-refractivity contribution in [3.63, 3.8) is 0 Å². The van der Waals surface area contributed by atoms with Crippen molar-refractivity contribution in [1.82, 2.24) is 15.0 Å². The molecule has 0 saturated heterocycles. The Hall–Kier alpha value is -2.69. The first-order chi connectivity index (χ1) is 9.15. The van der Waals surface area contributed by atoms with E-state index in [2.05, 4.69) is 15.0 Å². The molecule has 5 nitrogen and oxygen atoms in total. The minimum absolute atomic E-state index is 0.0580. The number of hydrogen-bond donors (Lipinski definition) is 2. The summed E-state index contributed by atoms with van der Waals surface area (Å²) in [6, 6.07) is 9.71. The zero-order valence-corrected chi connectivity index (χ0v) is 10.2. The Kier molecular flexibility index (Phi) is 2.52. The molecule has 0 aliphatic carbocycles. The van der Waals surface area contributed by atoms with Crippen molar-refractivity contribution in [2.45, 2.75) is 6.92 Å². The number of hydrogen-bond acceptors (Lipinski definition) is 3. The highest BCUT2D eigenvalue weighted by Gasteiger charge is 2.11. The quantitative estimate of drug-likeness (QED) is 0.735. The van der Waals surface area contributed by atoms with Crippen LogP contribution in [0.15, 0.2) is 36.5 Å². The number of carbonyl (C=O) groups is 1. The molecule has 3 rings (SSSR count). The first-order valence-corrected chi connectivity index (χ1v) is 5.80. The molecule has 0 atom stereocenters. The predicted octanol–water partition coefficient (Wildman–Crippen LogP) is 2.63. The Morgan fingerprint density at radius 3 is 2.84 bits per heavy atom. The molecule has 0 bridgehead atoms. The van der Waals surface area contributed by atoms with Gasteiger partial charge in [0.15, 0.2) is 5.82 Å². The van der Waals surface area contributed by atoms with Crippen molar-refractivity contribution in [2.24, 2.45) is 0 Å². The van der Waals surface area contributed by atoms with Gasteiger partial charge in [0, 0.05) is 5.39 Å². The van der Waals surface area contributed by atoms with E-state index >= 15 is 0 Å². The Morgan fingerprint density at radius 1 is 1.32 bits per heavy atom. The van der Waals surface area contributed by atoms with Crippen LogP contribution in [0.1, 0.15) is 16.1 Å². The molecule has 0 unspecified atom stereocenters. The lowest BCUT2D eigenvalue weighted by atomic mass is 10.1. The molecule has 3 aromatic rings. The number of aromatic amines is 1. The van der Waals surface area contributed by atoms with Gasteiger partial charge >= 0.3 is 5.97 Å². The number of rotatable bonds is 2. The molecule has 0 saturated carbocycles. The van der Waals surface area contributed by atoms with Gasteiger partial charge in [0.1, 0.15) is 11.4 Å². The molecule has 0 spiro atoms. The zero-order valence-electron chi connectivity index (χ0n) is 10.2. The number of aromatic nitrogens is 3. The number of aromatic carboxylic acids is 1. The van der Waals surface area contributed by atoms with E-state index in [1.54, 1.807) is 0 Å². The fourth-order valence-electron chi connectivity index (χ4n) is 2.03. The number of carboxylic acids is 1. The molecular weight excluding hydrogens is 242 g/mol. The van der Waals surface area contributed by atoms with Gasteiger partial charge in [-0.3, -0.25) is 0 Å². The normalized spacial score (nSPS) is 10.8. The van der Waals surface area contributed by atoms with Crippen molar-refractivity contribution >= 4 is 16.9 Å². The second kappa shape index (κ2) is 4.20. The fraction of sp³-hybridized carbons (Fsp3) is 0.0714. The summed E-state index contributed by atoms with van der Waals surface area (Å²) in [5.41, 5.74) is 2.64. The molecule has 19 heavy (non-hydrogen) atoms. The third kappa shape index (κ3) is 1.95. The topological polar surface area (TPSA) is 78.9 Å². The lowest BCUT2D eigenvalue weighted by molar-refractivity contribution is 0.0691. The van der Waals surface area contributed by atoms with Crippen LogP contribution in [0.5, 0.6) is 0 Å². The number of H-pyrrole nitrogens is 1. The number of imidazole rings is 1. The molecule has 0 aliphatic heterocycles. The predicted molar refractivity (Wildman–Crippen MR) is 71.0 cm³/mol. The Labute approximate surface area is 109 Å². The summed E-state index contributed by atoms with van der Waals surface area (Å²) in [5, 5.41) is 9.96. The SMILES string of the molecule is Cc1cc(-c2ncc(C(=O)O)[nH]2)nc2ccccc12. The number of nitrogens with one attached hydrogen (secondary N) is 1. The zero-order chi connectivity index (χ0) is 13.4. The molecule has 0 fully saturated rings. The van der Waals surface area contributed by atoms with E-state index in [1.807, 2.05) is 37.3 Å². The molecule has 2 N–H and O–H groups in total. The van der Waals surface area contributed by atoms with Crippen molar-refractivity contribution in [1.29, 1.82) is 0 Å². The number of pyridine rings is 1. The van der Waals surface area contributed by atoms with E-state index in [-0.39, 0.29) is 5.69 Å². The van der Waals surface area contributed by atoms with Gasteiger partial charge in [-0.1, -0.05) is 18.2 Å². The summed E-state index contributed by atoms with van der Waals surface area (Å²) >= 11 is 0. The van der Waals surface area contributed by atoms with Crippen LogP contribution in [0.4, 0.5) is 0 Å². The number of fused-ring (bicyclic) bond motifs is 1. The summed E-state index contributed by atoms with van der Waals surface area (Å²) in [6.07, 6.45) is 1.30. The number of para-hydroxylation sites is 1. The lowest BCUT2D eigenvalue weighted by Crippen LogP contribution is -1.96. The highest BCUT2D eigenvalue weighted by Crippen LogP contribution is 2.22. The molecule has 94 valence electrons. The van der Waals surface area contributed by atoms with Crippen LogP contribution in [-0.2, 0) is 0 Å². The lowest BCUT2D eigenvalue weighted by Gasteiger charge is -2.04. The third-order valence-corrected chi connectivity index (χ3v) is 2.97. The first-order valence-electron chi connectivity index (χ1n) is 5.80. The van der Waals surface area contributed by atoms with Gasteiger partial charge in [-0.05, 0) is 24.6 Å². The molecule has 2 heterocycles. The van der Waals surface area contributed by atoms with Crippen molar-refractivity contribution in [2.75, 3.05) is 0 Å². The van der Waals surface area contributed by atoms with Gasteiger partial charge in [0.2, 0.25) is 0 Å². The molecule has 0 aliphatic rings. The second-order valence-corrected chi connectivity index (χ2v) is 4.29. The highest BCUT2D eigenvalue weighted by atomic mass is 16.4. The average molecular weight is 253 g/mol. The van der Waals surface area contributed by atoms with Gasteiger partial charge in [-0.2, -0.15) is 0 Å². The Bertz CT molecular complexity index is 777. The minimum atomic E-state index is -1.03. The summed E-state index contributed by atoms with van der Waals surface area (Å²) < 4.78 is 0. The van der Waals surface area contributed by atoms with Crippen LogP contribution >= 0.6 is 0 Å². The maximum absolute atomic E-state index is 10.8. The monoisotopic (exact) mass is 253 g/mol. The smallest absolute Gasteiger partial charge is 0.353 e. The largest absolute Gasteiger partial charge is 0.477 e. The average Bonchev–Trinajstić information content (AvgIpc) is 2.88. The van der Waals surface area contributed by atoms with Crippen molar-refractivity contribution in [3.8, 4) is 11.5 Å². The van der Waals surface area contributed by atoms with E-state index < -0.39 is 5.97 Å². The van der Waals surface area contributed by atoms with Crippen LogP contribution in [0.25, 0.3) is 22.4 Å². The molecule has 0 radical (unpaired) electrons.